The van der Waals surface area contributed by atoms with E-state index in [1.807, 2.05) is 18.2 Å². The van der Waals surface area contributed by atoms with Crippen LogP contribution in [0.3, 0.4) is 0 Å². The second-order valence-corrected chi connectivity index (χ2v) is 5.18. The third-order valence-corrected chi connectivity index (χ3v) is 3.88. The molecule has 88 valence electrons. The van der Waals surface area contributed by atoms with Crippen LogP contribution in [0.2, 0.25) is 0 Å². The summed E-state index contributed by atoms with van der Waals surface area (Å²) in [4.78, 5) is 4.42. The Kier molecular flexibility index (Phi) is 2.63. The summed E-state index contributed by atoms with van der Waals surface area (Å²) >= 11 is 3.36. The Morgan fingerprint density at radius 3 is 2.82 bits per heavy atom. The first kappa shape index (κ1) is 10.8. The third kappa shape index (κ3) is 1.95. The molecule has 5 heteroatoms. The summed E-state index contributed by atoms with van der Waals surface area (Å²) in [6.07, 6.45) is 3.60. The van der Waals surface area contributed by atoms with E-state index in [9.17, 15) is 0 Å². The average molecular weight is 294 g/mol. The van der Waals surface area contributed by atoms with Gasteiger partial charge in [-0.2, -0.15) is 4.98 Å². The number of nitrogen functional groups attached to an aromatic ring is 1. The third-order valence-electron chi connectivity index (χ3n) is 3.16. The second kappa shape index (κ2) is 4.14. The molecule has 0 amide bonds. The van der Waals surface area contributed by atoms with Crippen molar-refractivity contribution >= 4 is 21.6 Å². The highest BCUT2D eigenvalue weighted by molar-refractivity contribution is 9.10. The van der Waals surface area contributed by atoms with E-state index >= 15 is 0 Å². The summed E-state index contributed by atoms with van der Waals surface area (Å²) in [7, 11) is 0. The molecular weight excluding hydrogens is 282 g/mol. The molecule has 4 nitrogen and oxygen atoms in total. The minimum absolute atomic E-state index is 0.486. The first-order valence-electron chi connectivity index (χ1n) is 5.63. The molecule has 0 saturated heterocycles. The van der Waals surface area contributed by atoms with E-state index in [0.717, 1.165) is 15.9 Å². The van der Waals surface area contributed by atoms with Gasteiger partial charge in [0.2, 0.25) is 0 Å². The van der Waals surface area contributed by atoms with E-state index in [0.29, 0.717) is 17.5 Å². The zero-order chi connectivity index (χ0) is 11.8. The normalized spacial score (nSPS) is 15.8. The van der Waals surface area contributed by atoms with Crippen LogP contribution < -0.4 is 5.73 Å². The molecule has 1 aliphatic carbocycles. The van der Waals surface area contributed by atoms with Gasteiger partial charge in [0.15, 0.2) is 5.82 Å². The highest BCUT2D eigenvalue weighted by Gasteiger charge is 2.24. The Bertz CT molecular complexity index is 548. The monoisotopic (exact) mass is 293 g/mol. The van der Waals surface area contributed by atoms with Gasteiger partial charge < -0.3 is 10.3 Å². The summed E-state index contributed by atoms with van der Waals surface area (Å²) in [6, 6.07) is 5.64. The van der Waals surface area contributed by atoms with Gasteiger partial charge in [-0.1, -0.05) is 11.6 Å². The Labute approximate surface area is 107 Å². The first-order chi connectivity index (χ1) is 8.24. The fourth-order valence-electron chi connectivity index (χ4n) is 1.86. The zero-order valence-electron chi connectivity index (χ0n) is 9.19. The van der Waals surface area contributed by atoms with Gasteiger partial charge in [-0.05, 0) is 47.0 Å². The zero-order valence-corrected chi connectivity index (χ0v) is 10.8. The van der Waals surface area contributed by atoms with Gasteiger partial charge >= 0.3 is 0 Å². The van der Waals surface area contributed by atoms with Crippen molar-refractivity contribution in [3.8, 4) is 11.5 Å². The number of nitrogens with zero attached hydrogens (tertiary/aromatic N) is 2. The van der Waals surface area contributed by atoms with Crippen LogP contribution in [-0.2, 0) is 0 Å². The van der Waals surface area contributed by atoms with Gasteiger partial charge in [0, 0.05) is 21.6 Å². The highest BCUT2D eigenvalue weighted by atomic mass is 79.9. The van der Waals surface area contributed by atoms with Crippen LogP contribution in [0.15, 0.2) is 27.2 Å². The molecule has 1 saturated carbocycles. The topological polar surface area (TPSA) is 64.9 Å². The number of hydrogen-bond donors (Lipinski definition) is 1. The van der Waals surface area contributed by atoms with Crippen LogP contribution >= 0.6 is 15.9 Å². The molecule has 1 fully saturated rings. The van der Waals surface area contributed by atoms with Crippen molar-refractivity contribution in [3.05, 3.63) is 28.5 Å². The van der Waals surface area contributed by atoms with Crippen LogP contribution in [0.25, 0.3) is 11.5 Å². The van der Waals surface area contributed by atoms with Crippen LogP contribution in [-0.4, -0.2) is 10.1 Å². The molecule has 0 atom stereocenters. The lowest BCUT2D eigenvalue weighted by molar-refractivity contribution is 0.366. The van der Waals surface area contributed by atoms with Crippen LogP contribution in [0.5, 0.6) is 0 Å². The smallest absolute Gasteiger partial charge is 0.258 e. The van der Waals surface area contributed by atoms with Crippen molar-refractivity contribution in [1.29, 1.82) is 0 Å². The summed E-state index contributed by atoms with van der Waals surface area (Å²) in [5.74, 6) is 1.86. The van der Waals surface area contributed by atoms with Gasteiger partial charge in [0.05, 0.1) is 0 Å². The lowest BCUT2D eigenvalue weighted by Gasteiger charge is -2.20. The first-order valence-corrected chi connectivity index (χ1v) is 6.42. The second-order valence-electron chi connectivity index (χ2n) is 4.32. The molecule has 1 aromatic heterocycles. The maximum atomic E-state index is 5.83. The predicted molar refractivity (Wildman–Crippen MR) is 68.4 cm³/mol. The maximum absolute atomic E-state index is 5.83. The van der Waals surface area contributed by atoms with Gasteiger partial charge in [-0.15, -0.1) is 0 Å². The average Bonchev–Trinajstić information content (AvgIpc) is 2.69. The predicted octanol–water partition coefficient (Wildman–Crippen LogP) is 3.35. The van der Waals surface area contributed by atoms with Crippen LogP contribution in [0.1, 0.15) is 31.0 Å². The van der Waals surface area contributed by atoms with Gasteiger partial charge in [0.25, 0.3) is 5.89 Å². The van der Waals surface area contributed by atoms with Gasteiger partial charge in [0.1, 0.15) is 0 Å². The molecule has 0 aliphatic heterocycles. The van der Waals surface area contributed by atoms with Crippen molar-refractivity contribution in [2.24, 2.45) is 0 Å². The Morgan fingerprint density at radius 1 is 1.35 bits per heavy atom. The molecule has 1 aliphatic rings. The molecule has 0 spiro atoms. The molecule has 3 rings (SSSR count). The Hall–Kier alpha value is -1.36. The van der Waals surface area contributed by atoms with E-state index in [-0.39, 0.29) is 0 Å². The maximum Gasteiger partial charge on any atom is 0.258 e. The Morgan fingerprint density at radius 2 is 2.18 bits per heavy atom. The van der Waals surface area contributed by atoms with E-state index in [2.05, 4.69) is 26.1 Å². The molecule has 0 bridgehead atoms. The molecule has 0 unspecified atom stereocenters. The lowest BCUT2D eigenvalue weighted by Crippen LogP contribution is -2.10. The molecule has 1 heterocycles. The van der Waals surface area contributed by atoms with Crippen molar-refractivity contribution in [3.63, 3.8) is 0 Å². The molecule has 0 radical (unpaired) electrons. The molecule has 1 aromatic carbocycles. The standard InChI is InChI=1S/C12H12BrN3O/c13-9-5-4-8(6-10(9)14)12-15-11(16-17-12)7-2-1-3-7/h4-7H,1-3,14H2. The Balaban J connectivity index is 1.92. The molecule has 2 aromatic rings. The fraction of sp³-hybridized carbons (Fsp3) is 0.333. The van der Waals surface area contributed by atoms with E-state index < -0.39 is 0 Å². The fourth-order valence-corrected chi connectivity index (χ4v) is 2.11. The van der Waals surface area contributed by atoms with E-state index in [4.69, 9.17) is 10.3 Å². The summed E-state index contributed by atoms with van der Waals surface area (Å²) in [6.45, 7) is 0. The number of anilines is 1. The summed E-state index contributed by atoms with van der Waals surface area (Å²) in [5, 5.41) is 4.03. The molecular formula is C12H12BrN3O. The highest BCUT2D eigenvalue weighted by Crippen LogP contribution is 2.35. The number of nitrogens with two attached hydrogens (primary N) is 1. The van der Waals surface area contributed by atoms with E-state index in [1.54, 1.807) is 0 Å². The van der Waals surface area contributed by atoms with Crippen LogP contribution in [0.4, 0.5) is 5.69 Å². The number of hydrogen-bond acceptors (Lipinski definition) is 4. The lowest BCUT2D eigenvalue weighted by atomic mass is 9.85. The van der Waals surface area contributed by atoms with Crippen molar-refractivity contribution in [2.75, 3.05) is 5.73 Å². The quantitative estimate of drug-likeness (QED) is 0.863. The van der Waals surface area contributed by atoms with Gasteiger partial charge in [-0.3, -0.25) is 0 Å². The number of halogens is 1. The largest absolute Gasteiger partial charge is 0.398 e. The number of benzene rings is 1. The summed E-state index contributed by atoms with van der Waals surface area (Å²) in [5.41, 5.74) is 7.36. The molecule has 17 heavy (non-hydrogen) atoms. The van der Waals surface area contributed by atoms with Crippen molar-refractivity contribution in [1.82, 2.24) is 10.1 Å². The SMILES string of the molecule is Nc1cc(-c2nc(C3CCC3)no2)ccc1Br. The van der Waals surface area contributed by atoms with Gasteiger partial charge in [-0.25, -0.2) is 0 Å². The minimum atomic E-state index is 0.486. The number of aromatic nitrogens is 2. The van der Waals surface area contributed by atoms with E-state index in [1.165, 1.54) is 19.3 Å². The minimum Gasteiger partial charge on any atom is -0.398 e. The van der Waals surface area contributed by atoms with Crippen molar-refractivity contribution < 1.29 is 4.52 Å². The summed E-state index contributed by atoms with van der Waals surface area (Å²) < 4.78 is 6.15. The van der Waals surface area contributed by atoms with Crippen LogP contribution in [0, 0.1) is 0 Å². The number of rotatable bonds is 2. The molecule has 2 N–H and O–H groups in total. The van der Waals surface area contributed by atoms with Crippen molar-refractivity contribution in [2.45, 2.75) is 25.2 Å².